The fourth-order valence-corrected chi connectivity index (χ4v) is 3.63. The summed E-state index contributed by atoms with van der Waals surface area (Å²) in [6, 6.07) is 12.0. The molecule has 2 heterocycles. The lowest BCUT2D eigenvalue weighted by molar-refractivity contribution is 0.208. The highest BCUT2D eigenvalue weighted by atomic mass is 35.5. The van der Waals surface area contributed by atoms with Gasteiger partial charge in [0.25, 0.3) is 0 Å². The van der Waals surface area contributed by atoms with Gasteiger partial charge >= 0.3 is 0 Å². The molecule has 2 aromatic rings. The van der Waals surface area contributed by atoms with Crippen LogP contribution in [0.2, 0.25) is 10.0 Å². The summed E-state index contributed by atoms with van der Waals surface area (Å²) in [5.41, 5.74) is 5.59. The molecule has 0 amide bonds. The summed E-state index contributed by atoms with van der Waals surface area (Å²) in [7, 11) is 2.17. The Morgan fingerprint density at radius 2 is 1.54 bits per heavy atom. The number of nitrogens with one attached hydrogen (secondary N) is 1. The molecule has 0 spiro atoms. The van der Waals surface area contributed by atoms with Gasteiger partial charge in [0.15, 0.2) is 0 Å². The van der Waals surface area contributed by atoms with Crippen molar-refractivity contribution in [2.75, 3.05) is 38.5 Å². The number of fused-ring (bicyclic) bond motifs is 2. The highest BCUT2D eigenvalue weighted by Gasteiger charge is 2.22. The van der Waals surface area contributed by atoms with E-state index < -0.39 is 0 Å². The van der Waals surface area contributed by atoms with Gasteiger partial charge in [-0.25, -0.2) is 0 Å². The monoisotopic (exact) mass is 359 g/mol. The first kappa shape index (κ1) is 15.8. The fourth-order valence-electron chi connectivity index (χ4n) is 3.28. The third kappa shape index (κ3) is 3.00. The zero-order valence-corrected chi connectivity index (χ0v) is 15.0. The van der Waals surface area contributed by atoms with E-state index in [9.17, 15) is 0 Å². The van der Waals surface area contributed by atoms with E-state index in [1.165, 1.54) is 11.3 Å². The Morgan fingerprint density at radius 1 is 0.875 bits per heavy atom. The molecule has 124 valence electrons. The molecule has 2 aliphatic rings. The second-order valence-corrected chi connectivity index (χ2v) is 7.24. The molecule has 3 nitrogen and oxygen atoms in total. The summed E-state index contributed by atoms with van der Waals surface area (Å²) < 4.78 is 0. The number of hydrogen-bond donors (Lipinski definition) is 1. The molecular formula is C19H19Cl2N3. The van der Waals surface area contributed by atoms with Crippen molar-refractivity contribution in [1.29, 1.82) is 0 Å². The van der Waals surface area contributed by atoms with E-state index in [-0.39, 0.29) is 0 Å². The van der Waals surface area contributed by atoms with Gasteiger partial charge in [-0.2, -0.15) is 0 Å². The summed E-state index contributed by atoms with van der Waals surface area (Å²) in [5, 5.41) is 4.95. The lowest BCUT2D eigenvalue weighted by atomic mass is 10.1. The lowest BCUT2D eigenvalue weighted by Gasteiger charge is -2.36. The Balaban J connectivity index is 1.84. The summed E-state index contributed by atoms with van der Waals surface area (Å²) in [4.78, 5) is 4.82. The first-order valence-corrected chi connectivity index (χ1v) is 8.87. The maximum absolute atomic E-state index is 6.24. The maximum Gasteiger partial charge on any atom is 0.0493 e. The van der Waals surface area contributed by atoms with Gasteiger partial charge < -0.3 is 15.1 Å². The summed E-state index contributed by atoms with van der Waals surface area (Å²) >= 11 is 12.4. The van der Waals surface area contributed by atoms with Crippen LogP contribution in [0.4, 0.5) is 11.4 Å². The largest absolute Gasteiger partial charge is 0.368 e. The van der Waals surface area contributed by atoms with Crippen LogP contribution >= 0.6 is 23.2 Å². The van der Waals surface area contributed by atoms with E-state index in [1.54, 1.807) is 0 Å². The number of halogens is 2. The smallest absolute Gasteiger partial charge is 0.0493 e. The minimum absolute atomic E-state index is 0.723. The topological polar surface area (TPSA) is 18.5 Å². The molecule has 4 rings (SSSR count). The summed E-state index contributed by atoms with van der Waals surface area (Å²) in [5.74, 6) is 0. The summed E-state index contributed by atoms with van der Waals surface area (Å²) in [6.07, 6.45) is 2.25. The van der Waals surface area contributed by atoms with Crippen molar-refractivity contribution in [3.63, 3.8) is 0 Å². The van der Waals surface area contributed by atoms with Gasteiger partial charge in [-0.1, -0.05) is 29.3 Å². The molecule has 0 unspecified atom stereocenters. The minimum atomic E-state index is 0.723. The molecule has 5 heteroatoms. The zero-order valence-electron chi connectivity index (χ0n) is 13.5. The zero-order chi connectivity index (χ0) is 16.7. The van der Waals surface area contributed by atoms with Crippen molar-refractivity contribution in [1.82, 2.24) is 9.80 Å². The van der Waals surface area contributed by atoms with Crippen molar-refractivity contribution in [3.05, 3.63) is 57.6 Å². The molecule has 2 aliphatic heterocycles. The van der Waals surface area contributed by atoms with E-state index >= 15 is 0 Å². The number of piperazine rings is 1. The van der Waals surface area contributed by atoms with Crippen LogP contribution in [0.3, 0.4) is 0 Å². The van der Waals surface area contributed by atoms with Crippen LogP contribution in [-0.4, -0.2) is 43.0 Å². The van der Waals surface area contributed by atoms with E-state index in [4.69, 9.17) is 23.2 Å². The molecule has 1 fully saturated rings. The SMILES string of the molecule is CN1CCN(C2=Cc3ccc(Cl)cc3Nc3cc(Cl)ccc32)CC1. The van der Waals surface area contributed by atoms with Crippen molar-refractivity contribution in [2.45, 2.75) is 0 Å². The van der Waals surface area contributed by atoms with Gasteiger partial charge in [0.05, 0.1) is 0 Å². The van der Waals surface area contributed by atoms with Gasteiger partial charge in [-0.15, -0.1) is 0 Å². The first-order chi connectivity index (χ1) is 11.6. The van der Waals surface area contributed by atoms with Gasteiger partial charge in [-0.3, -0.25) is 0 Å². The van der Waals surface area contributed by atoms with Crippen LogP contribution in [0.5, 0.6) is 0 Å². The van der Waals surface area contributed by atoms with Crippen LogP contribution in [0.15, 0.2) is 36.4 Å². The van der Waals surface area contributed by atoms with Crippen LogP contribution in [-0.2, 0) is 0 Å². The minimum Gasteiger partial charge on any atom is -0.368 e. The summed E-state index contributed by atoms with van der Waals surface area (Å²) in [6.45, 7) is 4.18. The van der Waals surface area contributed by atoms with Crippen LogP contribution < -0.4 is 5.32 Å². The molecule has 0 aliphatic carbocycles. The molecule has 0 atom stereocenters. The molecule has 1 N–H and O–H groups in total. The maximum atomic E-state index is 6.24. The second-order valence-electron chi connectivity index (χ2n) is 6.37. The Bertz CT molecular complexity index is 808. The lowest BCUT2D eigenvalue weighted by Crippen LogP contribution is -2.43. The molecular weight excluding hydrogens is 341 g/mol. The van der Waals surface area contributed by atoms with Gasteiger partial charge in [0.1, 0.15) is 0 Å². The highest BCUT2D eigenvalue weighted by molar-refractivity contribution is 6.31. The Kier molecular flexibility index (Phi) is 4.17. The molecule has 0 aromatic heterocycles. The second kappa shape index (κ2) is 6.32. The van der Waals surface area contributed by atoms with Gasteiger partial charge in [0.2, 0.25) is 0 Å². The van der Waals surface area contributed by atoms with E-state index in [0.29, 0.717) is 0 Å². The molecule has 0 saturated carbocycles. The van der Waals surface area contributed by atoms with Crippen molar-refractivity contribution in [3.8, 4) is 0 Å². The average molecular weight is 360 g/mol. The number of likely N-dealkylation sites (N-methyl/N-ethyl adjacent to an activating group) is 1. The molecule has 0 bridgehead atoms. The van der Waals surface area contributed by atoms with Crippen LogP contribution in [0.1, 0.15) is 11.1 Å². The van der Waals surface area contributed by atoms with E-state index in [1.807, 2.05) is 24.3 Å². The van der Waals surface area contributed by atoms with Crippen molar-refractivity contribution >= 4 is 46.3 Å². The third-order valence-corrected chi connectivity index (χ3v) is 5.15. The normalized spacial score (nSPS) is 17.5. The third-order valence-electron chi connectivity index (χ3n) is 4.68. The van der Waals surface area contributed by atoms with Gasteiger partial charge in [-0.05, 0) is 43.5 Å². The Labute approximate surface area is 152 Å². The van der Waals surface area contributed by atoms with E-state index in [2.05, 4.69) is 40.4 Å². The predicted molar refractivity (Wildman–Crippen MR) is 103 cm³/mol. The molecule has 0 radical (unpaired) electrons. The first-order valence-electron chi connectivity index (χ1n) is 8.12. The Morgan fingerprint density at radius 3 is 2.29 bits per heavy atom. The number of benzene rings is 2. The quantitative estimate of drug-likeness (QED) is 0.788. The number of anilines is 2. The number of nitrogens with zero attached hydrogens (tertiary/aromatic N) is 2. The number of hydrogen-bond acceptors (Lipinski definition) is 3. The Hall–Kier alpha value is -1.68. The highest BCUT2D eigenvalue weighted by Crippen LogP contribution is 2.38. The molecule has 1 saturated heterocycles. The molecule has 24 heavy (non-hydrogen) atoms. The van der Waals surface area contributed by atoms with E-state index in [0.717, 1.165) is 53.2 Å². The van der Waals surface area contributed by atoms with Crippen LogP contribution in [0, 0.1) is 0 Å². The van der Waals surface area contributed by atoms with Crippen molar-refractivity contribution < 1.29 is 0 Å². The van der Waals surface area contributed by atoms with Crippen LogP contribution in [0.25, 0.3) is 11.8 Å². The molecule has 2 aromatic carbocycles. The standard InChI is InChI=1S/C19H19Cl2N3/c1-23-6-8-24(9-7-23)19-10-13-2-3-14(20)11-17(13)22-18-12-15(21)4-5-16(18)19/h2-5,10-12,22H,6-9H2,1H3. The fraction of sp³-hybridized carbons (Fsp3) is 0.263. The number of rotatable bonds is 1. The van der Waals surface area contributed by atoms with Gasteiger partial charge in [0, 0.05) is 64.4 Å². The predicted octanol–water partition coefficient (Wildman–Crippen LogP) is 4.80. The van der Waals surface area contributed by atoms with Crippen molar-refractivity contribution in [2.24, 2.45) is 0 Å². The average Bonchev–Trinajstić information content (AvgIpc) is 2.71.